The van der Waals surface area contributed by atoms with Crippen LogP contribution in [-0.2, 0) is 9.59 Å². The van der Waals surface area contributed by atoms with E-state index in [1.807, 2.05) is 73.7 Å². The van der Waals surface area contributed by atoms with Gasteiger partial charge in [-0.25, -0.2) is 5.48 Å². The predicted molar refractivity (Wildman–Crippen MR) is 150 cm³/mol. The number of carbonyl (C=O) groups is 3. The molecule has 8 nitrogen and oxygen atoms in total. The highest BCUT2D eigenvalue weighted by Crippen LogP contribution is 2.10. The van der Waals surface area contributed by atoms with Crippen LogP contribution in [0.1, 0.15) is 46.9 Å². The van der Waals surface area contributed by atoms with Crippen molar-refractivity contribution in [2.24, 2.45) is 0 Å². The molecule has 0 saturated carbocycles. The number of carbonyl (C=O) groups excluding carboxylic acids is 3. The van der Waals surface area contributed by atoms with E-state index in [-0.39, 0.29) is 18.5 Å². The summed E-state index contributed by atoms with van der Waals surface area (Å²) < 4.78 is 0. The maximum absolute atomic E-state index is 12.8. The van der Waals surface area contributed by atoms with Gasteiger partial charge in [-0.1, -0.05) is 72.5 Å². The van der Waals surface area contributed by atoms with E-state index in [0.717, 1.165) is 11.1 Å². The van der Waals surface area contributed by atoms with E-state index in [2.05, 4.69) is 27.8 Å². The maximum Gasteiger partial charge on any atom is 0.268 e. The van der Waals surface area contributed by atoms with Crippen molar-refractivity contribution >= 4 is 23.8 Å². The van der Waals surface area contributed by atoms with Crippen molar-refractivity contribution in [3.63, 3.8) is 0 Å². The van der Waals surface area contributed by atoms with E-state index in [9.17, 15) is 19.6 Å². The van der Waals surface area contributed by atoms with Crippen molar-refractivity contribution in [3.8, 4) is 11.8 Å². The average molecular weight is 525 g/mol. The molecular weight excluding hydrogens is 492 g/mol. The minimum atomic E-state index is -1.21. The summed E-state index contributed by atoms with van der Waals surface area (Å²) in [5.74, 6) is 4.20. The number of amides is 3. The third kappa shape index (κ3) is 9.27. The van der Waals surface area contributed by atoms with Crippen LogP contribution in [0.5, 0.6) is 0 Å². The van der Waals surface area contributed by atoms with Crippen molar-refractivity contribution < 1.29 is 19.6 Å². The molecule has 0 aliphatic carbocycles. The Balaban J connectivity index is 1.55. The highest BCUT2D eigenvalue weighted by Gasteiger charge is 2.28. The summed E-state index contributed by atoms with van der Waals surface area (Å²) in [6.45, 7) is 3.51. The zero-order valence-electron chi connectivity index (χ0n) is 21.8. The lowest BCUT2D eigenvalue weighted by Crippen LogP contribution is -2.58. The molecule has 3 aromatic rings. The molecule has 0 aliphatic heterocycles. The fourth-order valence-electron chi connectivity index (χ4n) is 3.74. The second-order valence-corrected chi connectivity index (χ2v) is 8.89. The van der Waals surface area contributed by atoms with Crippen LogP contribution >= 0.6 is 0 Å². The van der Waals surface area contributed by atoms with Crippen LogP contribution < -0.4 is 21.4 Å². The Labute approximate surface area is 228 Å². The first-order chi connectivity index (χ1) is 18.9. The van der Waals surface area contributed by atoms with E-state index < -0.39 is 23.9 Å². The lowest BCUT2D eigenvalue weighted by atomic mass is 10.1. The summed E-state index contributed by atoms with van der Waals surface area (Å²) in [6, 6.07) is 24.0. The Kier molecular flexibility index (Phi) is 11.0. The van der Waals surface area contributed by atoms with Gasteiger partial charge in [-0.3, -0.25) is 19.6 Å². The summed E-state index contributed by atoms with van der Waals surface area (Å²) in [5.41, 5.74) is 4.64. The van der Waals surface area contributed by atoms with Crippen LogP contribution in [-0.4, -0.2) is 41.6 Å². The second-order valence-electron chi connectivity index (χ2n) is 8.89. The fourth-order valence-corrected chi connectivity index (χ4v) is 3.74. The highest BCUT2D eigenvalue weighted by atomic mass is 16.5. The third-order valence-corrected chi connectivity index (χ3v) is 5.96. The molecule has 5 N–H and O–H groups in total. The van der Waals surface area contributed by atoms with Crippen molar-refractivity contribution in [2.45, 2.75) is 32.0 Å². The predicted octanol–water partition coefficient (Wildman–Crippen LogP) is 3.21. The van der Waals surface area contributed by atoms with Crippen molar-refractivity contribution in [1.82, 2.24) is 21.4 Å². The van der Waals surface area contributed by atoms with Gasteiger partial charge in [0.2, 0.25) is 5.91 Å². The van der Waals surface area contributed by atoms with Gasteiger partial charge in [0.25, 0.3) is 11.8 Å². The summed E-state index contributed by atoms with van der Waals surface area (Å²) in [6.07, 6.45) is 3.66. The number of rotatable bonds is 10. The van der Waals surface area contributed by atoms with Gasteiger partial charge in [0.05, 0.1) is 12.6 Å². The third-order valence-electron chi connectivity index (χ3n) is 5.96. The van der Waals surface area contributed by atoms with Crippen LogP contribution in [0.2, 0.25) is 0 Å². The Morgan fingerprint density at radius 3 is 2.15 bits per heavy atom. The molecule has 3 amide bonds. The summed E-state index contributed by atoms with van der Waals surface area (Å²) in [7, 11) is 0. The van der Waals surface area contributed by atoms with Crippen LogP contribution in [0.15, 0.2) is 91.0 Å². The molecule has 0 spiro atoms. The molecule has 0 heterocycles. The fraction of sp³-hybridized carbons (Fsp3) is 0.194. The molecule has 3 aromatic carbocycles. The Morgan fingerprint density at radius 1 is 0.872 bits per heavy atom. The standard InChI is InChI=1S/C31H32N4O4/c1-22(26-15-7-4-8-16-26)32-21-28(36)33-23(2)29(31(38)35-39)34-30(37)27-19-17-25(18-20-27)14-10-9-13-24-11-5-3-6-12-24/h3-9,11-13,15-20,22-23,29,32,39H,21H2,1-2H3,(H,33,36)(H,34,37)(H,35,38)/t22-,23-,29+/m1/s1. The van der Waals surface area contributed by atoms with Gasteiger partial charge in [-0.05, 0) is 61.4 Å². The van der Waals surface area contributed by atoms with Crippen LogP contribution in [0, 0.1) is 11.8 Å². The first kappa shape index (κ1) is 28.9. The molecule has 3 rings (SSSR count). The molecule has 0 unspecified atom stereocenters. The van der Waals surface area contributed by atoms with Crippen LogP contribution in [0.3, 0.4) is 0 Å². The normalized spacial score (nSPS) is 12.9. The molecule has 0 aromatic heterocycles. The Bertz CT molecular complexity index is 1330. The largest absolute Gasteiger partial charge is 0.350 e. The van der Waals surface area contributed by atoms with E-state index in [1.165, 1.54) is 0 Å². The van der Waals surface area contributed by atoms with Gasteiger partial charge in [-0.15, -0.1) is 0 Å². The number of benzene rings is 3. The number of nitrogens with one attached hydrogen (secondary N) is 4. The number of hydrogen-bond donors (Lipinski definition) is 5. The van der Waals surface area contributed by atoms with E-state index >= 15 is 0 Å². The zero-order chi connectivity index (χ0) is 28.0. The van der Waals surface area contributed by atoms with Crippen molar-refractivity contribution in [1.29, 1.82) is 0 Å². The van der Waals surface area contributed by atoms with Crippen LogP contribution in [0.25, 0.3) is 6.08 Å². The van der Waals surface area contributed by atoms with E-state index in [0.29, 0.717) is 11.1 Å². The first-order valence-corrected chi connectivity index (χ1v) is 12.5. The minimum Gasteiger partial charge on any atom is -0.350 e. The second kappa shape index (κ2) is 14.9. The van der Waals surface area contributed by atoms with Gasteiger partial charge < -0.3 is 16.0 Å². The van der Waals surface area contributed by atoms with E-state index in [1.54, 1.807) is 42.7 Å². The van der Waals surface area contributed by atoms with Gasteiger partial charge in [-0.2, -0.15) is 0 Å². The molecule has 0 fully saturated rings. The molecule has 0 saturated heterocycles. The zero-order valence-corrected chi connectivity index (χ0v) is 21.8. The summed E-state index contributed by atoms with van der Waals surface area (Å²) in [5, 5.41) is 17.6. The van der Waals surface area contributed by atoms with Gasteiger partial charge in [0.1, 0.15) is 6.04 Å². The average Bonchev–Trinajstić information content (AvgIpc) is 2.97. The lowest BCUT2D eigenvalue weighted by molar-refractivity contribution is -0.132. The molecule has 0 bridgehead atoms. The highest BCUT2D eigenvalue weighted by molar-refractivity contribution is 5.98. The molecule has 0 radical (unpaired) electrons. The number of allylic oxidation sites excluding steroid dienone is 1. The first-order valence-electron chi connectivity index (χ1n) is 12.5. The topological polar surface area (TPSA) is 120 Å². The van der Waals surface area contributed by atoms with Crippen LogP contribution in [0.4, 0.5) is 0 Å². The SMILES string of the molecule is C[C@@H](NCC(=O)N[C@H](C)[C@H](NC(=O)c1ccc(C#CC=Cc2ccccc2)cc1)C(=O)NO)c1ccccc1. The van der Waals surface area contributed by atoms with Crippen molar-refractivity contribution in [2.75, 3.05) is 6.54 Å². The number of hydroxylamine groups is 1. The van der Waals surface area contributed by atoms with Crippen molar-refractivity contribution in [3.05, 3.63) is 113 Å². The quantitative estimate of drug-likeness (QED) is 0.159. The van der Waals surface area contributed by atoms with Gasteiger partial charge in [0, 0.05) is 17.2 Å². The number of hydrogen-bond acceptors (Lipinski definition) is 5. The molecule has 39 heavy (non-hydrogen) atoms. The molecule has 200 valence electrons. The smallest absolute Gasteiger partial charge is 0.268 e. The summed E-state index contributed by atoms with van der Waals surface area (Å²) in [4.78, 5) is 37.6. The Hall–Kier alpha value is -4.71. The molecule has 3 atom stereocenters. The Morgan fingerprint density at radius 2 is 1.51 bits per heavy atom. The minimum absolute atomic E-state index is 0.00481. The maximum atomic E-state index is 12.8. The monoisotopic (exact) mass is 524 g/mol. The molecular formula is C31H32N4O4. The lowest BCUT2D eigenvalue weighted by Gasteiger charge is -2.24. The van der Waals surface area contributed by atoms with E-state index in [4.69, 9.17) is 0 Å². The van der Waals surface area contributed by atoms with Gasteiger partial charge in [0.15, 0.2) is 0 Å². The summed E-state index contributed by atoms with van der Waals surface area (Å²) >= 11 is 0. The molecule has 0 aliphatic rings. The molecule has 8 heteroatoms. The van der Waals surface area contributed by atoms with Gasteiger partial charge >= 0.3 is 0 Å².